The summed E-state index contributed by atoms with van der Waals surface area (Å²) in [6, 6.07) is 3.84. The molecule has 0 unspecified atom stereocenters. The third-order valence-corrected chi connectivity index (χ3v) is 3.56. The van der Waals surface area contributed by atoms with Gasteiger partial charge >= 0.3 is 0 Å². The first-order valence-electron chi connectivity index (χ1n) is 5.00. The van der Waals surface area contributed by atoms with Crippen LogP contribution in [0.15, 0.2) is 22.8 Å². The molecule has 0 aromatic carbocycles. The summed E-state index contributed by atoms with van der Waals surface area (Å²) in [4.78, 5) is 4.16. The summed E-state index contributed by atoms with van der Waals surface area (Å²) >= 11 is 3.41. The largest absolute Gasteiger partial charge is 0.477 e. The van der Waals surface area contributed by atoms with Crippen LogP contribution < -0.4 is 4.74 Å². The van der Waals surface area contributed by atoms with Gasteiger partial charge in [-0.25, -0.2) is 4.98 Å². The van der Waals surface area contributed by atoms with E-state index in [1.807, 2.05) is 12.1 Å². The molecule has 1 heterocycles. The topological polar surface area (TPSA) is 22.1 Å². The van der Waals surface area contributed by atoms with Gasteiger partial charge in [0.05, 0.1) is 11.1 Å². The third kappa shape index (κ3) is 2.08. The number of pyridine rings is 1. The molecule has 1 aliphatic carbocycles. The third-order valence-electron chi connectivity index (χ3n) is 2.96. The van der Waals surface area contributed by atoms with Crippen LogP contribution in [0.4, 0.5) is 0 Å². The van der Waals surface area contributed by atoms with Crippen molar-refractivity contribution >= 4 is 15.9 Å². The number of aromatic nitrogens is 1. The van der Waals surface area contributed by atoms with Gasteiger partial charge in [-0.15, -0.1) is 0 Å². The van der Waals surface area contributed by atoms with Crippen LogP contribution in [0.5, 0.6) is 5.88 Å². The predicted octanol–water partition coefficient (Wildman–Crippen LogP) is 3.27. The summed E-state index contributed by atoms with van der Waals surface area (Å²) in [7, 11) is 0. The van der Waals surface area contributed by atoms with Crippen LogP contribution in [0.25, 0.3) is 0 Å². The summed E-state index contributed by atoms with van der Waals surface area (Å²) in [5.74, 6) is 2.26. The highest BCUT2D eigenvalue weighted by Crippen LogP contribution is 2.34. The highest BCUT2D eigenvalue weighted by atomic mass is 79.9. The second kappa shape index (κ2) is 4.30. The van der Waals surface area contributed by atoms with E-state index in [0.29, 0.717) is 5.88 Å². The van der Waals surface area contributed by atoms with Crippen LogP contribution in [-0.2, 0) is 0 Å². The van der Waals surface area contributed by atoms with E-state index >= 15 is 0 Å². The van der Waals surface area contributed by atoms with Crippen LogP contribution in [0.2, 0.25) is 0 Å². The molecular weight excluding hydrogens is 242 g/mol. The van der Waals surface area contributed by atoms with Gasteiger partial charge in [0.25, 0.3) is 0 Å². The molecule has 14 heavy (non-hydrogen) atoms. The van der Waals surface area contributed by atoms with E-state index < -0.39 is 0 Å². The van der Waals surface area contributed by atoms with Crippen molar-refractivity contribution in [2.45, 2.75) is 19.8 Å². The molecule has 2 nitrogen and oxygen atoms in total. The molecule has 3 heteroatoms. The molecule has 1 fully saturated rings. The Bertz CT molecular complexity index is 316. The Labute approximate surface area is 92.8 Å². The van der Waals surface area contributed by atoms with E-state index in [1.165, 1.54) is 12.8 Å². The molecular formula is C11H14BrNO. The molecule has 0 spiro atoms. The lowest BCUT2D eigenvalue weighted by Gasteiger charge is -2.33. The van der Waals surface area contributed by atoms with E-state index in [2.05, 4.69) is 27.8 Å². The normalized spacial score (nSPS) is 25.6. The van der Waals surface area contributed by atoms with Crippen molar-refractivity contribution in [3.63, 3.8) is 0 Å². The summed E-state index contributed by atoms with van der Waals surface area (Å²) < 4.78 is 6.59. The van der Waals surface area contributed by atoms with Gasteiger partial charge in [-0.1, -0.05) is 6.92 Å². The monoisotopic (exact) mass is 255 g/mol. The second-order valence-electron chi connectivity index (χ2n) is 3.92. The lowest BCUT2D eigenvalue weighted by Crippen LogP contribution is -2.28. The maximum Gasteiger partial charge on any atom is 0.227 e. The minimum atomic E-state index is 0.714. The first kappa shape index (κ1) is 9.97. The van der Waals surface area contributed by atoms with Crippen molar-refractivity contribution in [1.29, 1.82) is 0 Å². The maximum atomic E-state index is 5.65. The van der Waals surface area contributed by atoms with Crippen molar-refractivity contribution in [2.24, 2.45) is 11.8 Å². The minimum absolute atomic E-state index is 0.714. The molecule has 0 saturated heterocycles. The highest BCUT2D eigenvalue weighted by molar-refractivity contribution is 9.10. The van der Waals surface area contributed by atoms with E-state index in [4.69, 9.17) is 4.74 Å². The Balaban J connectivity index is 1.88. The van der Waals surface area contributed by atoms with Crippen molar-refractivity contribution in [1.82, 2.24) is 4.98 Å². The molecule has 1 aliphatic rings. The van der Waals surface area contributed by atoms with E-state index in [1.54, 1.807) is 6.20 Å². The maximum absolute atomic E-state index is 5.65. The van der Waals surface area contributed by atoms with E-state index in [9.17, 15) is 0 Å². The Kier molecular flexibility index (Phi) is 3.06. The SMILES string of the molecule is C[C@@H]1CC[C@@H]1COc1ncccc1Br. The van der Waals surface area contributed by atoms with Crippen LogP contribution in [0.3, 0.4) is 0 Å². The van der Waals surface area contributed by atoms with Gasteiger partial charge < -0.3 is 4.74 Å². The lowest BCUT2D eigenvalue weighted by atomic mass is 9.75. The summed E-state index contributed by atoms with van der Waals surface area (Å²) in [5.41, 5.74) is 0. The standard InChI is InChI=1S/C11H14BrNO/c1-8-4-5-9(8)7-14-11-10(12)3-2-6-13-11/h2-3,6,8-9H,4-5,7H2,1H3/t8-,9-/m1/s1. The zero-order valence-corrected chi connectivity index (χ0v) is 9.83. The fourth-order valence-corrected chi connectivity index (χ4v) is 2.02. The molecule has 0 radical (unpaired) electrons. The van der Waals surface area contributed by atoms with Crippen molar-refractivity contribution in [3.8, 4) is 5.88 Å². The van der Waals surface area contributed by atoms with Gasteiger partial charge in [0, 0.05) is 6.20 Å². The van der Waals surface area contributed by atoms with E-state index in [0.717, 1.165) is 22.9 Å². The first-order chi connectivity index (χ1) is 6.77. The number of nitrogens with zero attached hydrogens (tertiary/aromatic N) is 1. The Morgan fingerprint density at radius 1 is 1.57 bits per heavy atom. The van der Waals surface area contributed by atoms with Gasteiger partial charge in [-0.2, -0.15) is 0 Å². The van der Waals surface area contributed by atoms with Crippen LogP contribution >= 0.6 is 15.9 Å². The van der Waals surface area contributed by atoms with Gasteiger partial charge in [0.2, 0.25) is 5.88 Å². The molecule has 1 aromatic rings. The van der Waals surface area contributed by atoms with E-state index in [-0.39, 0.29) is 0 Å². The predicted molar refractivity (Wildman–Crippen MR) is 59.3 cm³/mol. The molecule has 0 aliphatic heterocycles. The summed E-state index contributed by atoms with van der Waals surface area (Å²) in [6.07, 6.45) is 4.40. The number of hydrogen-bond acceptors (Lipinski definition) is 2. The van der Waals surface area contributed by atoms with Crippen LogP contribution in [0.1, 0.15) is 19.8 Å². The highest BCUT2D eigenvalue weighted by Gasteiger charge is 2.27. The second-order valence-corrected chi connectivity index (χ2v) is 4.77. The number of halogens is 1. The molecule has 0 bridgehead atoms. The number of rotatable bonds is 3. The zero-order chi connectivity index (χ0) is 9.97. The van der Waals surface area contributed by atoms with Gasteiger partial charge in [-0.05, 0) is 52.7 Å². The summed E-state index contributed by atoms with van der Waals surface area (Å²) in [6.45, 7) is 3.09. The lowest BCUT2D eigenvalue weighted by molar-refractivity contribution is 0.113. The fourth-order valence-electron chi connectivity index (χ4n) is 1.65. The quantitative estimate of drug-likeness (QED) is 0.828. The fraction of sp³-hybridized carbons (Fsp3) is 0.545. The first-order valence-corrected chi connectivity index (χ1v) is 5.80. The molecule has 1 aromatic heterocycles. The summed E-state index contributed by atoms with van der Waals surface area (Å²) in [5, 5.41) is 0. The van der Waals surface area contributed by atoms with Gasteiger partial charge in [0.1, 0.15) is 0 Å². The Morgan fingerprint density at radius 2 is 2.43 bits per heavy atom. The molecule has 0 amide bonds. The molecule has 0 N–H and O–H groups in total. The average Bonchev–Trinajstić information content (AvgIpc) is 2.19. The minimum Gasteiger partial charge on any atom is -0.477 e. The van der Waals surface area contributed by atoms with Crippen molar-refractivity contribution < 1.29 is 4.74 Å². The Morgan fingerprint density at radius 3 is 3.00 bits per heavy atom. The number of hydrogen-bond donors (Lipinski definition) is 0. The molecule has 76 valence electrons. The zero-order valence-electron chi connectivity index (χ0n) is 8.24. The van der Waals surface area contributed by atoms with Crippen molar-refractivity contribution in [3.05, 3.63) is 22.8 Å². The molecule has 2 rings (SSSR count). The van der Waals surface area contributed by atoms with Crippen LogP contribution in [0, 0.1) is 11.8 Å². The van der Waals surface area contributed by atoms with Crippen molar-refractivity contribution in [2.75, 3.05) is 6.61 Å². The molecule has 2 atom stereocenters. The smallest absolute Gasteiger partial charge is 0.227 e. The van der Waals surface area contributed by atoms with Gasteiger partial charge in [-0.3, -0.25) is 0 Å². The Hall–Kier alpha value is -0.570. The van der Waals surface area contributed by atoms with Gasteiger partial charge in [0.15, 0.2) is 0 Å². The van der Waals surface area contributed by atoms with Crippen LogP contribution in [-0.4, -0.2) is 11.6 Å². The molecule has 1 saturated carbocycles. The average molecular weight is 256 g/mol. The number of ether oxygens (including phenoxy) is 1.